The number of hydrogen-bond acceptors (Lipinski definition) is 3. The summed E-state index contributed by atoms with van der Waals surface area (Å²) in [5.74, 6) is 0.0275. The Labute approximate surface area is 200 Å². The third kappa shape index (κ3) is 20.3. The molecule has 0 saturated heterocycles. The van der Waals surface area contributed by atoms with Gasteiger partial charge in [-0.3, -0.25) is 14.6 Å². The topological polar surface area (TPSA) is 131 Å². The quantitative estimate of drug-likeness (QED) is 0.130. The highest BCUT2D eigenvalue weighted by Gasteiger charge is 2.10. The van der Waals surface area contributed by atoms with E-state index in [1.54, 1.807) is 0 Å². The van der Waals surface area contributed by atoms with Crippen LogP contribution in [-0.4, -0.2) is 36.0 Å². The number of allylic oxidation sites excluding steroid dienone is 5. The molecular weight excluding hydrogens is 416 g/mol. The number of carbonyl (C=O) groups excluding carboxylic acids is 1. The minimum atomic E-state index is -0.250. The molecule has 0 heterocycles. The maximum atomic E-state index is 12.5. The van der Waals surface area contributed by atoms with Crippen LogP contribution < -0.4 is 16.8 Å². The molecule has 0 aliphatic heterocycles. The predicted molar refractivity (Wildman–Crippen MR) is 141 cm³/mol. The number of guanidine groups is 1. The van der Waals surface area contributed by atoms with Crippen LogP contribution in [0.15, 0.2) is 65.7 Å². The molecule has 0 spiro atoms. The molecule has 1 amide bonds. The van der Waals surface area contributed by atoms with Gasteiger partial charge in [0.15, 0.2) is 5.96 Å². The number of nitrogens with two attached hydrogens (primary N) is 2. The number of hydrogen-bond donors (Lipinski definition) is 4. The zero-order valence-electron chi connectivity index (χ0n) is 21.2. The first kappa shape index (κ1) is 34.3. The van der Waals surface area contributed by atoms with Gasteiger partial charge in [0.05, 0.1) is 0 Å². The lowest BCUT2D eigenvalue weighted by molar-refractivity contribution is -0.122. The van der Waals surface area contributed by atoms with Crippen molar-refractivity contribution < 1.29 is 14.7 Å². The molecule has 0 bridgehead atoms. The highest BCUT2D eigenvalue weighted by atomic mass is 16.3. The molecule has 6 N–H and O–H groups in total. The molecule has 33 heavy (non-hydrogen) atoms. The summed E-state index contributed by atoms with van der Waals surface area (Å²) < 4.78 is 0. The van der Waals surface area contributed by atoms with Gasteiger partial charge in [-0.2, -0.15) is 0 Å². The van der Waals surface area contributed by atoms with E-state index in [0.717, 1.165) is 30.4 Å². The van der Waals surface area contributed by atoms with Crippen molar-refractivity contribution in [3.05, 3.63) is 71.8 Å². The van der Waals surface area contributed by atoms with E-state index >= 15 is 0 Å². The molecule has 7 heteroatoms. The fraction of sp³-hybridized carbons (Fsp3) is 0.423. The van der Waals surface area contributed by atoms with Crippen molar-refractivity contribution in [2.24, 2.45) is 16.5 Å². The van der Waals surface area contributed by atoms with E-state index in [4.69, 9.17) is 21.4 Å². The zero-order chi connectivity index (χ0) is 26.1. The number of nitrogens with one attached hydrogen (secondary N) is 1. The Hall–Kier alpha value is -3.35. The molecular formula is C26H44N4O3. The third-order valence-corrected chi connectivity index (χ3v) is 3.83. The SMILES string of the molecule is C=C/C(=C\C=C/C)Cc1cccc(C(=O)NC(C)CCCN=C(N)N)c1.CC.CC.O=CO. The van der Waals surface area contributed by atoms with Crippen LogP contribution in [0.5, 0.6) is 0 Å². The molecule has 0 radical (unpaired) electrons. The molecule has 186 valence electrons. The molecule has 0 saturated carbocycles. The molecule has 1 rings (SSSR count). The van der Waals surface area contributed by atoms with Crippen LogP contribution in [0.1, 0.15) is 70.3 Å². The summed E-state index contributed by atoms with van der Waals surface area (Å²) in [5.41, 5.74) is 13.4. The fourth-order valence-electron chi connectivity index (χ4n) is 2.46. The summed E-state index contributed by atoms with van der Waals surface area (Å²) in [6, 6.07) is 7.73. The van der Waals surface area contributed by atoms with Crippen LogP contribution in [0, 0.1) is 0 Å². The summed E-state index contributed by atoms with van der Waals surface area (Å²) in [5, 5.41) is 9.91. The number of benzene rings is 1. The van der Waals surface area contributed by atoms with Gasteiger partial charge in [0.2, 0.25) is 0 Å². The fourth-order valence-corrected chi connectivity index (χ4v) is 2.46. The van der Waals surface area contributed by atoms with Crippen molar-refractivity contribution in [3.8, 4) is 0 Å². The summed E-state index contributed by atoms with van der Waals surface area (Å²) in [4.78, 5) is 24.8. The van der Waals surface area contributed by atoms with Crippen LogP contribution in [0.25, 0.3) is 0 Å². The maximum absolute atomic E-state index is 12.5. The first-order valence-electron chi connectivity index (χ1n) is 11.3. The standard InChI is InChI=1S/C21H30N4O.2C2H6.CH2O2/c1-4-6-10-17(5-2)14-18-11-7-12-19(15-18)20(26)25-16(3)9-8-13-24-21(22)23;2*1-2;2-1-3/h4-7,10-12,15-16H,2,8-9,13-14H2,1,3H3,(H,25,26)(H4,22,23,24);2*1-2H3;1H,(H,2,3)/b6-4-,17-10+;;;. The van der Waals surface area contributed by atoms with Crippen LogP contribution in [0.3, 0.4) is 0 Å². The second kappa shape index (κ2) is 24.9. The van der Waals surface area contributed by atoms with E-state index in [0.29, 0.717) is 12.1 Å². The van der Waals surface area contributed by atoms with Crippen LogP contribution >= 0.6 is 0 Å². The molecule has 0 aliphatic carbocycles. The minimum Gasteiger partial charge on any atom is -0.483 e. The number of nitrogens with zero attached hydrogens (tertiary/aromatic N) is 1. The monoisotopic (exact) mass is 460 g/mol. The molecule has 7 nitrogen and oxygen atoms in total. The summed E-state index contributed by atoms with van der Waals surface area (Å²) in [6.07, 6.45) is 10.2. The van der Waals surface area contributed by atoms with Crippen molar-refractivity contribution in [1.29, 1.82) is 0 Å². The first-order valence-corrected chi connectivity index (χ1v) is 11.3. The number of aliphatic imine (C=N–C) groups is 1. The predicted octanol–water partition coefficient (Wildman–Crippen LogP) is 4.84. The number of rotatable bonds is 10. The Bertz CT molecular complexity index is 737. The lowest BCUT2D eigenvalue weighted by Crippen LogP contribution is -2.32. The number of carbonyl (C=O) groups is 2. The Kier molecular flexibility index (Phi) is 25.9. The molecule has 1 aromatic rings. The van der Waals surface area contributed by atoms with E-state index in [-0.39, 0.29) is 24.4 Å². The zero-order valence-corrected chi connectivity index (χ0v) is 21.2. The molecule has 0 fully saturated rings. The van der Waals surface area contributed by atoms with E-state index in [9.17, 15) is 4.79 Å². The largest absolute Gasteiger partial charge is 0.483 e. The second-order valence-electron chi connectivity index (χ2n) is 6.28. The lowest BCUT2D eigenvalue weighted by atomic mass is 10.0. The van der Waals surface area contributed by atoms with Crippen molar-refractivity contribution in [1.82, 2.24) is 5.32 Å². The second-order valence-corrected chi connectivity index (χ2v) is 6.28. The maximum Gasteiger partial charge on any atom is 0.290 e. The Morgan fingerprint density at radius 2 is 1.85 bits per heavy atom. The van der Waals surface area contributed by atoms with Gasteiger partial charge in [0, 0.05) is 18.2 Å². The Balaban J connectivity index is -0.00000115. The van der Waals surface area contributed by atoms with Gasteiger partial charge < -0.3 is 21.9 Å². The molecule has 1 aromatic carbocycles. The van der Waals surface area contributed by atoms with Gasteiger partial charge in [-0.05, 0) is 56.4 Å². The minimum absolute atomic E-state index is 0.0543. The van der Waals surface area contributed by atoms with Gasteiger partial charge in [-0.1, -0.05) is 70.7 Å². The van der Waals surface area contributed by atoms with Crippen molar-refractivity contribution >= 4 is 18.3 Å². The third-order valence-electron chi connectivity index (χ3n) is 3.83. The highest BCUT2D eigenvalue weighted by Crippen LogP contribution is 2.12. The van der Waals surface area contributed by atoms with Gasteiger partial charge in [-0.15, -0.1) is 0 Å². The summed E-state index contributed by atoms with van der Waals surface area (Å²) in [6.45, 7) is 16.1. The highest BCUT2D eigenvalue weighted by molar-refractivity contribution is 5.94. The molecule has 0 aliphatic rings. The molecule has 1 atom stereocenters. The van der Waals surface area contributed by atoms with E-state index in [2.05, 4.69) is 16.9 Å². The summed E-state index contributed by atoms with van der Waals surface area (Å²) in [7, 11) is 0. The van der Waals surface area contributed by atoms with Crippen molar-refractivity contribution in [2.75, 3.05) is 6.54 Å². The van der Waals surface area contributed by atoms with Crippen LogP contribution in [-0.2, 0) is 11.2 Å². The number of carboxylic acid groups (broad SMARTS) is 1. The van der Waals surface area contributed by atoms with Gasteiger partial charge in [-0.25, -0.2) is 0 Å². The van der Waals surface area contributed by atoms with Gasteiger partial charge in [0.25, 0.3) is 12.4 Å². The lowest BCUT2D eigenvalue weighted by Gasteiger charge is -2.14. The summed E-state index contributed by atoms with van der Waals surface area (Å²) >= 11 is 0. The van der Waals surface area contributed by atoms with Crippen molar-refractivity contribution in [3.63, 3.8) is 0 Å². The smallest absolute Gasteiger partial charge is 0.290 e. The van der Waals surface area contributed by atoms with Gasteiger partial charge in [0.1, 0.15) is 0 Å². The Morgan fingerprint density at radius 3 is 2.36 bits per heavy atom. The van der Waals surface area contributed by atoms with Gasteiger partial charge >= 0.3 is 0 Å². The molecule has 1 unspecified atom stereocenters. The average molecular weight is 461 g/mol. The average Bonchev–Trinajstić information content (AvgIpc) is 2.82. The normalized spacial score (nSPS) is 10.7. The van der Waals surface area contributed by atoms with Crippen LogP contribution in [0.4, 0.5) is 0 Å². The number of amides is 1. The van der Waals surface area contributed by atoms with E-state index < -0.39 is 0 Å². The van der Waals surface area contributed by atoms with Crippen LogP contribution in [0.2, 0.25) is 0 Å². The van der Waals surface area contributed by atoms with E-state index in [1.807, 2.05) is 90.1 Å². The Morgan fingerprint density at radius 1 is 1.24 bits per heavy atom. The first-order chi connectivity index (χ1) is 15.9. The van der Waals surface area contributed by atoms with Crippen molar-refractivity contribution in [2.45, 2.75) is 66.8 Å². The molecule has 0 aromatic heterocycles. The van der Waals surface area contributed by atoms with E-state index in [1.165, 1.54) is 0 Å².